The summed E-state index contributed by atoms with van der Waals surface area (Å²) < 4.78 is 10.9. The molecule has 0 saturated carbocycles. The predicted molar refractivity (Wildman–Crippen MR) is 91.9 cm³/mol. The second kappa shape index (κ2) is 7.24. The molecular formula is C18H17NO3S. The molecule has 0 atom stereocenters. The van der Waals surface area contributed by atoms with Crippen LogP contribution < -0.4 is 10.4 Å². The van der Waals surface area contributed by atoms with Crippen LogP contribution in [0.15, 0.2) is 57.1 Å². The van der Waals surface area contributed by atoms with Crippen molar-refractivity contribution in [3.05, 3.63) is 58.3 Å². The minimum absolute atomic E-state index is 0.320. The van der Waals surface area contributed by atoms with Gasteiger partial charge in [0.15, 0.2) is 0 Å². The Labute approximate surface area is 138 Å². The van der Waals surface area contributed by atoms with Crippen molar-refractivity contribution in [1.29, 1.82) is 0 Å². The number of ether oxygens (including phenoxy) is 1. The quantitative estimate of drug-likeness (QED) is 0.620. The van der Waals surface area contributed by atoms with Crippen LogP contribution in [0, 0.1) is 0 Å². The molecule has 0 aliphatic carbocycles. The van der Waals surface area contributed by atoms with Gasteiger partial charge in [-0.25, -0.2) is 9.78 Å². The van der Waals surface area contributed by atoms with Gasteiger partial charge >= 0.3 is 5.63 Å². The second-order valence-corrected chi connectivity index (χ2v) is 6.02. The largest absolute Gasteiger partial charge is 0.494 e. The lowest BCUT2D eigenvalue weighted by molar-refractivity contribution is 0.309. The lowest BCUT2D eigenvalue weighted by Gasteiger charge is -2.06. The van der Waals surface area contributed by atoms with E-state index in [-0.39, 0.29) is 0 Å². The number of hydrogen-bond acceptors (Lipinski definition) is 5. The molecule has 0 spiro atoms. The monoisotopic (exact) mass is 327 g/mol. The Morgan fingerprint density at radius 2 is 2.04 bits per heavy atom. The van der Waals surface area contributed by atoms with E-state index in [0.29, 0.717) is 18.2 Å². The molecule has 0 amide bonds. The summed E-state index contributed by atoms with van der Waals surface area (Å²) in [5.74, 6) is 1.12. The average molecular weight is 327 g/mol. The van der Waals surface area contributed by atoms with Crippen molar-refractivity contribution in [2.24, 2.45) is 0 Å². The highest BCUT2D eigenvalue weighted by Crippen LogP contribution is 2.25. The van der Waals surface area contributed by atoms with Gasteiger partial charge in [-0.15, -0.1) is 11.3 Å². The molecule has 118 valence electrons. The fourth-order valence-corrected chi connectivity index (χ4v) is 2.79. The summed E-state index contributed by atoms with van der Waals surface area (Å²) in [6, 6.07) is 12.7. The molecular weight excluding hydrogens is 310 g/mol. The van der Waals surface area contributed by atoms with Crippen LogP contribution in [-0.4, -0.2) is 11.6 Å². The van der Waals surface area contributed by atoms with Crippen LogP contribution in [-0.2, 0) is 0 Å². The van der Waals surface area contributed by atoms with Crippen molar-refractivity contribution in [3.63, 3.8) is 0 Å². The molecule has 3 aromatic rings. The van der Waals surface area contributed by atoms with Crippen molar-refractivity contribution >= 4 is 11.3 Å². The van der Waals surface area contributed by atoms with Gasteiger partial charge < -0.3 is 9.15 Å². The van der Waals surface area contributed by atoms with E-state index in [1.165, 1.54) is 17.4 Å². The number of benzene rings is 1. The third kappa shape index (κ3) is 3.87. The molecule has 2 heterocycles. The average Bonchev–Trinajstić information content (AvgIpc) is 3.10. The number of unbranched alkanes of at least 4 members (excludes halogenated alkanes) is 1. The zero-order valence-electron chi connectivity index (χ0n) is 12.8. The van der Waals surface area contributed by atoms with E-state index in [1.807, 2.05) is 41.8 Å². The predicted octanol–water partition coefficient (Wildman–Crippen LogP) is 4.61. The first-order valence-electron chi connectivity index (χ1n) is 7.55. The SMILES string of the molecule is CCCCOc1ccc(-c2nc(-c3cccs3)cc(=O)o2)cc1. The lowest BCUT2D eigenvalue weighted by atomic mass is 10.2. The van der Waals surface area contributed by atoms with Gasteiger partial charge in [0.1, 0.15) is 5.75 Å². The van der Waals surface area contributed by atoms with Gasteiger partial charge in [0.25, 0.3) is 0 Å². The smallest absolute Gasteiger partial charge is 0.339 e. The van der Waals surface area contributed by atoms with Crippen LogP contribution in [0.5, 0.6) is 5.75 Å². The zero-order valence-corrected chi connectivity index (χ0v) is 13.6. The summed E-state index contributed by atoms with van der Waals surface area (Å²) in [7, 11) is 0. The third-order valence-corrected chi connectivity index (χ3v) is 4.21. The van der Waals surface area contributed by atoms with E-state index in [4.69, 9.17) is 9.15 Å². The van der Waals surface area contributed by atoms with E-state index in [2.05, 4.69) is 11.9 Å². The fourth-order valence-electron chi connectivity index (χ4n) is 2.10. The summed E-state index contributed by atoms with van der Waals surface area (Å²) >= 11 is 1.54. The maximum absolute atomic E-state index is 11.8. The highest BCUT2D eigenvalue weighted by molar-refractivity contribution is 7.13. The molecule has 0 saturated heterocycles. The van der Waals surface area contributed by atoms with E-state index in [1.54, 1.807) is 0 Å². The van der Waals surface area contributed by atoms with E-state index >= 15 is 0 Å². The molecule has 0 radical (unpaired) electrons. The van der Waals surface area contributed by atoms with Gasteiger partial charge in [-0.3, -0.25) is 0 Å². The Morgan fingerprint density at radius 1 is 1.22 bits per heavy atom. The Hall–Kier alpha value is -2.40. The maximum Gasteiger partial charge on any atom is 0.339 e. The van der Waals surface area contributed by atoms with Gasteiger partial charge in [0, 0.05) is 5.56 Å². The molecule has 0 fully saturated rings. The van der Waals surface area contributed by atoms with Gasteiger partial charge in [0.2, 0.25) is 5.89 Å². The second-order valence-electron chi connectivity index (χ2n) is 5.07. The van der Waals surface area contributed by atoms with Crippen molar-refractivity contribution < 1.29 is 9.15 Å². The first-order valence-corrected chi connectivity index (χ1v) is 8.43. The molecule has 0 aliphatic rings. The van der Waals surface area contributed by atoms with Crippen molar-refractivity contribution in [2.75, 3.05) is 6.61 Å². The van der Waals surface area contributed by atoms with Crippen molar-refractivity contribution in [2.45, 2.75) is 19.8 Å². The molecule has 1 aromatic carbocycles. The standard InChI is InChI=1S/C18H17NO3S/c1-2-3-10-21-14-8-6-13(7-9-14)18-19-15(12-17(20)22-18)16-5-4-11-23-16/h4-9,11-12H,2-3,10H2,1H3. The van der Waals surface area contributed by atoms with Gasteiger partial charge in [-0.05, 0) is 42.1 Å². The van der Waals surface area contributed by atoms with Crippen LogP contribution in [0.25, 0.3) is 22.0 Å². The summed E-state index contributed by atoms with van der Waals surface area (Å²) in [4.78, 5) is 17.2. The number of nitrogens with zero attached hydrogens (tertiary/aromatic N) is 1. The van der Waals surface area contributed by atoms with Crippen molar-refractivity contribution in [3.8, 4) is 27.8 Å². The maximum atomic E-state index is 11.8. The summed E-state index contributed by atoms with van der Waals surface area (Å²) in [5.41, 5.74) is 0.986. The highest BCUT2D eigenvalue weighted by Gasteiger charge is 2.09. The zero-order chi connectivity index (χ0) is 16.1. The molecule has 0 unspecified atom stereocenters. The molecule has 0 N–H and O–H groups in total. The molecule has 2 aromatic heterocycles. The van der Waals surface area contributed by atoms with Crippen LogP contribution >= 0.6 is 11.3 Å². The van der Waals surface area contributed by atoms with Gasteiger partial charge in [-0.1, -0.05) is 19.4 Å². The normalized spacial score (nSPS) is 10.7. The topological polar surface area (TPSA) is 52.3 Å². The van der Waals surface area contributed by atoms with Crippen molar-refractivity contribution in [1.82, 2.24) is 4.98 Å². The van der Waals surface area contributed by atoms with Gasteiger partial charge in [-0.2, -0.15) is 0 Å². The summed E-state index contributed by atoms with van der Waals surface area (Å²) in [6.07, 6.45) is 2.13. The molecule has 0 aliphatic heterocycles. The van der Waals surface area contributed by atoms with Gasteiger partial charge in [0.05, 0.1) is 23.2 Å². The molecule has 4 nitrogen and oxygen atoms in total. The molecule has 3 rings (SSSR count). The van der Waals surface area contributed by atoms with Crippen LogP contribution in [0.3, 0.4) is 0 Å². The number of aromatic nitrogens is 1. The first kappa shape index (κ1) is 15.5. The summed E-state index contributed by atoms with van der Waals surface area (Å²) in [6.45, 7) is 2.83. The number of rotatable bonds is 6. The Bertz CT molecular complexity index is 807. The molecule has 0 bridgehead atoms. The highest BCUT2D eigenvalue weighted by atomic mass is 32.1. The first-order chi connectivity index (χ1) is 11.3. The minimum atomic E-state index is -0.401. The third-order valence-electron chi connectivity index (χ3n) is 3.32. The van der Waals surface area contributed by atoms with E-state index in [0.717, 1.165) is 29.0 Å². The molecule has 23 heavy (non-hydrogen) atoms. The summed E-state index contributed by atoms with van der Waals surface area (Å²) in [5, 5.41) is 1.95. The minimum Gasteiger partial charge on any atom is -0.494 e. The molecule has 5 heteroatoms. The fraction of sp³-hybridized carbons (Fsp3) is 0.222. The Kier molecular flexibility index (Phi) is 4.88. The van der Waals surface area contributed by atoms with Crippen LogP contribution in [0.2, 0.25) is 0 Å². The Balaban J connectivity index is 1.85. The number of hydrogen-bond donors (Lipinski definition) is 0. The van der Waals surface area contributed by atoms with E-state index in [9.17, 15) is 4.79 Å². The van der Waals surface area contributed by atoms with E-state index < -0.39 is 5.63 Å². The Morgan fingerprint density at radius 3 is 2.74 bits per heavy atom. The van der Waals surface area contributed by atoms with Crippen LogP contribution in [0.4, 0.5) is 0 Å². The lowest BCUT2D eigenvalue weighted by Crippen LogP contribution is -2.01. The van der Waals surface area contributed by atoms with Crippen LogP contribution in [0.1, 0.15) is 19.8 Å². The number of thiophene rings is 1.